The van der Waals surface area contributed by atoms with Crippen LogP contribution in [0.3, 0.4) is 0 Å². The van der Waals surface area contributed by atoms with Gasteiger partial charge in [-0.15, -0.1) is 0 Å². The van der Waals surface area contributed by atoms with Gasteiger partial charge in [-0.05, 0) is 181 Å². The highest BCUT2D eigenvalue weighted by Crippen LogP contribution is 2.61. The molecule has 590 valence electrons. The molecule has 6 heterocycles. The summed E-state index contributed by atoms with van der Waals surface area (Å²) in [5, 5.41) is 19.7. The molecule has 4 aromatic rings. The Morgan fingerprint density at radius 3 is 1.49 bits per heavy atom. The zero-order valence-corrected chi connectivity index (χ0v) is 65.5. The maximum absolute atomic E-state index is 15.0. The summed E-state index contributed by atoms with van der Waals surface area (Å²) in [6.07, 6.45) is 8.28. The van der Waals surface area contributed by atoms with Crippen LogP contribution < -0.4 is 25.3 Å². The molecule has 28 heteroatoms. The van der Waals surface area contributed by atoms with Gasteiger partial charge in [0, 0.05) is 37.3 Å². The van der Waals surface area contributed by atoms with Gasteiger partial charge in [0.1, 0.15) is 36.1 Å². The molecule has 4 bridgehead atoms. The highest BCUT2D eigenvalue weighted by atomic mass is 32.2. The highest BCUT2D eigenvalue weighted by Gasteiger charge is 2.68. The minimum absolute atomic E-state index is 0.0155. The first-order valence-corrected chi connectivity index (χ1v) is 40.3. The van der Waals surface area contributed by atoms with Gasteiger partial charge in [0.25, 0.3) is 23.1 Å². The van der Waals surface area contributed by atoms with Crippen molar-refractivity contribution in [3.63, 3.8) is 0 Å². The number of esters is 3. The molecule has 18 atom stereocenters. The lowest BCUT2D eigenvalue weighted by Crippen LogP contribution is -2.50. The Hall–Kier alpha value is -8.92. The van der Waals surface area contributed by atoms with E-state index in [1.165, 1.54) is 44.1 Å². The second kappa shape index (κ2) is 29.6. The number of carbonyl (C=O) groups excluding carboxylic acids is 7. The van der Waals surface area contributed by atoms with E-state index in [-0.39, 0.29) is 116 Å². The van der Waals surface area contributed by atoms with E-state index < -0.39 is 151 Å². The Bertz CT molecular complexity index is 4790. The molecule has 0 radical (unpaired) electrons. The molecule has 4 aliphatic heterocycles. The number of fused-ring (bicyclic) bond motifs is 14. The van der Waals surface area contributed by atoms with Gasteiger partial charge >= 0.3 is 17.9 Å². The molecule has 2 aromatic carbocycles. The van der Waals surface area contributed by atoms with Gasteiger partial charge in [-0.2, -0.15) is 20.5 Å². The third kappa shape index (κ3) is 15.9. The van der Waals surface area contributed by atoms with Crippen LogP contribution in [0.2, 0.25) is 0 Å². The number of halogens is 2. The first-order chi connectivity index (χ1) is 51.7. The molecule has 1 N–H and O–H groups in total. The smallest absolute Gasteiger partial charge is 0.329 e. The van der Waals surface area contributed by atoms with Gasteiger partial charge in [-0.3, -0.25) is 52.2 Å². The number of hydrogen-bond acceptors (Lipinski definition) is 20. The number of allylic oxidation sites excluding steroid dienone is 4. The Balaban J connectivity index is 0.000000198. The van der Waals surface area contributed by atoms with E-state index in [0.717, 1.165) is 44.9 Å². The number of ether oxygens (including phenoxy) is 5. The number of nitrogens with zero attached hydrogens (tertiary/aromatic N) is 8. The van der Waals surface area contributed by atoms with Gasteiger partial charge in [0.2, 0.25) is 34.2 Å². The van der Waals surface area contributed by atoms with Crippen LogP contribution in [-0.2, 0) is 70.9 Å². The monoisotopic (exact) mass is 1540 g/mol. The number of rotatable bonds is 8. The number of Topliss-reactive ketones (excluding diaryl/α,β-unsaturated/α-hetero) is 1. The summed E-state index contributed by atoms with van der Waals surface area (Å²) in [6, 6.07) is 10.9. The van der Waals surface area contributed by atoms with Gasteiger partial charge in [-0.25, -0.2) is 22.0 Å². The van der Waals surface area contributed by atoms with E-state index in [4.69, 9.17) is 28.7 Å². The number of alkyl halides is 2. The minimum atomic E-state index is -4.24. The quantitative estimate of drug-likeness (QED) is 0.0973. The van der Waals surface area contributed by atoms with E-state index in [9.17, 15) is 70.9 Å². The number of carbonyl (C=O) groups is 7. The van der Waals surface area contributed by atoms with Crippen LogP contribution in [0.25, 0.3) is 21.8 Å². The van der Waals surface area contributed by atoms with E-state index in [0.29, 0.717) is 46.6 Å². The van der Waals surface area contributed by atoms with Crippen LogP contribution >= 0.6 is 0 Å². The summed E-state index contributed by atoms with van der Waals surface area (Å²) >= 11 is 0. The third-order valence-corrected chi connectivity index (χ3v) is 27.4. The van der Waals surface area contributed by atoms with Crippen LogP contribution in [-0.4, -0.2) is 145 Å². The predicted octanol–water partition coefficient (Wildman–Crippen LogP) is 10.2. The number of benzene rings is 2. The standard InChI is InChI=1S/C44H53F2N5O9S.C38H48N4O7/c1-23-34-22-51(36(23)32(52)20-44(19-30(44)37(45)46)40(56)49-61(57,58)43(5)12-13-43)39(55)29(42(2,3)4)18-35(53)59-33-17-25-16-28(25)26(33)9-7-6-8-14-50-38(54)27-11-10-24(21-47)15-31(27)48-41(50)60-34;1-21-30-20-42(32(21)35(46)49-38(5,6)7)34(45)27(37(2,3)4)18-31(43)47-29-17-23-16-26(23)24(29)11-9-8-10-14-41-33(44)25-13-12-22(19-39)15-28(25)40-36(41)48-30/h6,8,10-11,15,23,25-26,28-30,33-34,36-37H,7,9,12-14,16-20,22H2,1-5H3,(H,49,56);8,10,12-13,15,21,23-24,26-27,29-30,32H,9,11,14,16-18,20H2,1-7H3/b8-6+;10-8+/t23-,25+,26-,28+,29-,30+,33-,34+,36+,44-;21-,23+,24-,26+,27-,29-,30+,32+/m11/s1. The Kier molecular flexibility index (Phi) is 21.3. The van der Waals surface area contributed by atoms with Crippen LogP contribution in [0, 0.1) is 104 Å². The lowest BCUT2D eigenvalue weighted by Gasteiger charge is -2.35. The van der Waals surface area contributed by atoms with Crippen LogP contribution in [0.5, 0.6) is 12.0 Å². The first kappa shape index (κ1) is 79.2. The maximum Gasteiger partial charge on any atom is 0.329 e. The Morgan fingerprint density at radius 1 is 0.636 bits per heavy atom. The molecule has 0 unspecified atom stereocenters. The molecule has 8 fully saturated rings. The Morgan fingerprint density at radius 2 is 1.08 bits per heavy atom. The second-order valence-electron chi connectivity index (χ2n) is 36.1. The number of sulfonamides is 1. The number of aromatic nitrogens is 4. The number of ketones is 1. The molecule has 6 saturated carbocycles. The minimum Gasteiger partial charge on any atom is -0.462 e. The summed E-state index contributed by atoms with van der Waals surface area (Å²) in [7, 11) is -4.24. The van der Waals surface area contributed by atoms with Crippen molar-refractivity contribution in [3.05, 3.63) is 92.5 Å². The van der Waals surface area contributed by atoms with Crippen molar-refractivity contribution in [1.82, 2.24) is 33.6 Å². The number of hydrogen-bond donors (Lipinski definition) is 1. The summed E-state index contributed by atoms with van der Waals surface area (Å²) < 4.78 is 89.8. The molecule has 25 nitrogen and oxygen atoms in total. The molecular formula is C82H101F2N9O16S. The fraction of sp³-hybridized carbons (Fsp3) is 0.646. The molecule has 14 rings (SSSR count). The van der Waals surface area contributed by atoms with Crippen molar-refractivity contribution in [2.45, 2.75) is 239 Å². The zero-order chi connectivity index (χ0) is 79.4. The molecule has 3 amide bonds. The zero-order valence-electron chi connectivity index (χ0n) is 64.7. The maximum atomic E-state index is 15.0. The molecule has 2 aromatic heterocycles. The van der Waals surface area contributed by atoms with Gasteiger partial charge in [-0.1, -0.05) is 79.7 Å². The van der Waals surface area contributed by atoms with Crippen molar-refractivity contribution in [2.75, 3.05) is 13.1 Å². The highest BCUT2D eigenvalue weighted by molar-refractivity contribution is 7.91. The number of amides is 3. The van der Waals surface area contributed by atoms with E-state index >= 15 is 0 Å². The average Bonchev–Trinajstić information content (AvgIpc) is 1.56. The van der Waals surface area contributed by atoms with Crippen LogP contribution in [0.4, 0.5) is 8.78 Å². The van der Waals surface area contributed by atoms with Crippen molar-refractivity contribution in [2.24, 2.45) is 81.3 Å². The second-order valence-corrected chi connectivity index (χ2v) is 38.3. The van der Waals surface area contributed by atoms with Crippen molar-refractivity contribution in [3.8, 4) is 24.2 Å². The van der Waals surface area contributed by atoms with E-state index in [1.54, 1.807) is 66.7 Å². The predicted molar refractivity (Wildman–Crippen MR) is 397 cm³/mol. The Labute approximate surface area is 639 Å². The SMILES string of the molecule is C[C@@H]1[C@@H]2CN(C(=O)[C@H](C(C)(C)C)CC(=O)O[C@@H]3C[C@@H]4C[C@@H]4[C@H]3CC/C=C/Cn3c(nc4cc(C#N)ccc4c3=O)O2)[C@@H]1C(=O)C[C@]1(C(=O)NS(=O)(=O)C2(C)CC2)C[C@H]1C(F)F.C[C@@H]1[C@@H]2CN(C(=O)[C@H](C(C)(C)C)CC(=O)O[C@@H]3C[C@@H]4C[C@@H]4[C@H]3CC/C=C/Cn3c(nc4cc(C#N)ccc4c3=O)O2)[C@@H]1C(=O)OC(C)(C)C. The van der Waals surface area contributed by atoms with Crippen molar-refractivity contribution >= 4 is 73.2 Å². The molecule has 2 saturated heterocycles. The largest absolute Gasteiger partial charge is 0.462 e. The van der Waals surface area contributed by atoms with Gasteiger partial charge in [0.15, 0.2) is 5.78 Å². The average molecular weight is 1540 g/mol. The summed E-state index contributed by atoms with van der Waals surface area (Å²) in [5.74, 6) is -6.77. The van der Waals surface area contributed by atoms with Crippen molar-refractivity contribution < 1.29 is 74.4 Å². The summed E-state index contributed by atoms with van der Waals surface area (Å²) in [4.78, 5) is 139. The van der Waals surface area contributed by atoms with Crippen LogP contribution in [0.15, 0.2) is 70.3 Å². The number of nitriles is 2. The number of nitrogens with one attached hydrogen (secondary N) is 1. The lowest BCUT2D eigenvalue weighted by molar-refractivity contribution is -0.167. The normalized spacial score (nSPS) is 32.7. The first-order valence-electron chi connectivity index (χ1n) is 38.9. The summed E-state index contributed by atoms with van der Waals surface area (Å²) in [6.45, 7) is 21.4. The van der Waals surface area contributed by atoms with E-state index in [1.807, 2.05) is 62.8 Å². The molecule has 6 aliphatic carbocycles. The van der Waals surface area contributed by atoms with E-state index in [2.05, 4.69) is 11.1 Å². The molecule has 110 heavy (non-hydrogen) atoms. The van der Waals surface area contributed by atoms with Gasteiger partial charge < -0.3 is 33.5 Å². The molecule has 10 aliphatic rings. The van der Waals surface area contributed by atoms with Gasteiger partial charge in [0.05, 0.1) is 99.0 Å². The third-order valence-electron chi connectivity index (χ3n) is 25.3. The topological polar surface area (TPSA) is 336 Å². The summed E-state index contributed by atoms with van der Waals surface area (Å²) in [5.41, 5.74) is -3.94. The van der Waals surface area contributed by atoms with Crippen LogP contribution in [0.1, 0.15) is 184 Å². The fourth-order valence-corrected chi connectivity index (χ4v) is 19.5. The molecular weight excluding hydrogens is 1440 g/mol. The fourth-order valence-electron chi connectivity index (χ4n) is 18.1. The lowest BCUT2D eigenvalue weighted by atomic mass is 9.77. The molecule has 0 spiro atoms. The van der Waals surface area contributed by atoms with Crippen molar-refractivity contribution in [1.29, 1.82) is 10.5 Å².